The summed E-state index contributed by atoms with van der Waals surface area (Å²) in [6.07, 6.45) is 1.74. The fourth-order valence-electron chi connectivity index (χ4n) is 4.89. The third-order valence-electron chi connectivity index (χ3n) is 6.89. The van der Waals surface area contributed by atoms with Crippen molar-refractivity contribution in [2.45, 2.75) is 13.5 Å². The summed E-state index contributed by atoms with van der Waals surface area (Å²) in [5, 5.41) is 6.40. The van der Waals surface area contributed by atoms with Crippen molar-refractivity contribution in [3.63, 3.8) is 0 Å². The van der Waals surface area contributed by atoms with Crippen LogP contribution in [0.5, 0.6) is 0 Å². The summed E-state index contributed by atoms with van der Waals surface area (Å²) >= 11 is 0. The van der Waals surface area contributed by atoms with E-state index in [1.165, 1.54) is 0 Å². The van der Waals surface area contributed by atoms with Gasteiger partial charge in [0.25, 0.3) is 11.8 Å². The summed E-state index contributed by atoms with van der Waals surface area (Å²) in [6, 6.07) is 34.3. The van der Waals surface area contributed by atoms with Gasteiger partial charge in [0.15, 0.2) is 0 Å². The molecule has 1 aliphatic heterocycles. The first-order valence-corrected chi connectivity index (χ1v) is 12.8. The number of hydrogen-bond donors (Lipinski definition) is 2. The number of nitrogens with zero attached hydrogens (tertiary/aromatic N) is 2. The van der Waals surface area contributed by atoms with Crippen molar-refractivity contribution in [1.82, 2.24) is 4.98 Å². The highest BCUT2D eigenvalue weighted by Crippen LogP contribution is 2.35. The second kappa shape index (κ2) is 10.3. The van der Waals surface area contributed by atoms with Crippen LogP contribution in [0.2, 0.25) is 0 Å². The van der Waals surface area contributed by atoms with Crippen LogP contribution in [0.25, 0.3) is 11.1 Å². The number of carbonyl (C=O) groups is 2. The number of pyridine rings is 1. The maximum atomic E-state index is 13.8. The van der Waals surface area contributed by atoms with Crippen molar-refractivity contribution in [1.29, 1.82) is 0 Å². The quantitative estimate of drug-likeness (QED) is 0.268. The largest absolute Gasteiger partial charge is 0.338 e. The molecule has 0 aliphatic carbocycles. The molecule has 0 bridgehead atoms. The van der Waals surface area contributed by atoms with Gasteiger partial charge in [-0.1, -0.05) is 66.7 Å². The van der Waals surface area contributed by atoms with E-state index in [2.05, 4.69) is 15.6 Å². The predicted molar refractivity (Wildman–Crippen MR) is 155 cm³/mol. The van der Waals surface area contributed by atoms with Gasteiger partial charge in [-0.2, -0.15) is 0 Å². The molecule has 190 valence electrons. The molecule has 2 heterocycles. The van der Waals surface area contributed by atoms with Crippen LogP contribution in [0, 0.1) is 6.92 Å². The van der Waals surface area contributed by atoms with Crippen LogP contribution < -0.4 is 15.5 Å². The van der Waals surface area contributed by atoms with Crippen molar-refractivity contribution >= 4 is 34.7 Å². The maximum absolute atomic E-state index is 13.8. The van der Waals surface area contributed by atoms with Gasteiger partial charge in [-0.3, -0.25) is 9.59 Å². The average molecular weight is 511 g/mol. The van der Waals surface area contributed by atoms with E-state index in [0.717, 1.165) is 39.4 Å². The lowest BCUT2D eigenvalue weighted by molar-refractivity contribution is 0.0984. The molecule has 0 radical (unpaired) electrons. The maximum Gasteiger partial charge on any atom is 0.258 e. The Morgan fingerprint density at radius 1 is 0.846 bits per heavy atom. The number of hydrogen-bond acceptors (Lipinski definition) is 4. The van der Waals surface area contributed by atoms with Gasteiger partial charge in [0, 0.05) is 28.6 Å². The first-order valence-electron chi connectivity index (χ1n) is 12.8. The molecule has 0 spiro atoms. The number of aromatic nitrogens is 1. The lowest BCUT2D eigenvalue weighted by Crippen LogP contribution is -2.30. The van der Waals surface area contributed by atoms with E-state index in [1.807, 2.05) is 104 Å². The van der Waals surface area contributed by atoms with Gasteiger partial charge < -0.3 is 15.5 Å². The molecule has 39 heavy (non-hydrogen) atoms. The second-order valence-electron chi connectivity index (χ2n) is 9.44. The van der Waals surface area contributed by atoms with Crippen LogP contribution in [-0.2, 0) is 6.54 Å². The number of anilines is 4. The van der Waals surface area contributed by atoms with Crippen LogP contribution in [0.1, 0.15) is 31.8 Å². The second-order valence-corrected chi connectivity index (χ2v) is 9.44. The van der Waals surface area contributed by atoms with Gasteiger partial charge in [-0.25, -0.2) is 4.98 Å². The van der Waals surface area contributed by atoms with E-state index in [1.54, 1.807) is 23.2 Å². The highest BCUT2D eigenvalue weighted by atomic mass is 16.2. The molecule has 0 atom stereocenters. The Morgan fingerprint density at radius 3 is 2.46 bits per heavy atom. The van der Waals surface area contributed by atoms with Crippen LogP contribution >= 0.6 is 0 Å². The molecule has 6 rings (SSSR count). The molecule has 6 nitrogen and oxygen atoms in total. The van der Waals surface area contributed by atoms with Crippen molar-refractivity contribution < 1.29 is 9.59 Å². The van der Waals surface area contributed by atoms with Crippen molar-refractivity contribution in [3.8, 4) is 11.1 Å². The van der Waals surface area contributed by atoms with Gasteiger partial charge in [0.2, 0.25) is 0 Å². The summed E-state index contributed by atoms with van der Waals surface area (Å²) in [5.74, 6) is 0.412. The van der Waals surface area contributed by atoms with Crippen LogP contribution in [0.4, 0.5) is 22.9 Å². The SMILES string of the molecule is Cc1cc(C(=O)N2Cc3cccnc3Nc3ccccc32)ccc1NC(=O)c1ccccc1-c1ccccc1. The molecule has 2 N–H and O–H groups in total. The third kappa shape index (κ3) is 4.76. The fourth-order valence-corrected chi connectivity index (χ4v) is 4.89. The highest BCUT2D eigenvalue weighted by Gasteiger charge is 2.25. The Labute approximate surface area is 227 Å². The first kappa shape index (κ1) is 24.1. The Morgan fingerprint density at radius 2 is 1.62 bits per heavy atom. The number of rotatable bonds is 4. The summed E-state index contributed by atoms with van der Waals surface area (Å²) in [7, 11) is 0. The molecule has 4 aromatic carbocycles. The average Bonchev–Trinajstić information content (AvgIpc) is 3.15. The smallest absolute Gasteiger partial charge is 0.258 e. The molecule has 0 fully saturated rings. The van der Waals surface area contributed by atoms with Crippen molar-refractivity contribution in [2.75, 3.05) is 15.5 Å². The Kier molecular flexibility index (Phi) is 6.35. The van der Waals surface area contributed by atoms with Gasteiger partial charge in [-0.15, -0.1) is 0 Å². The van der Waals surface area contributed by atoms with Crippen molar-refractivity contribution in [2.24, 2.45) is 0 Å². The number of fused-ring (bicyclic) bond motifs is 2. The summed E-state index contributed by atoms with van der Waals surface area (Å²) in [6.45, 7) is 2.28. The lowest BCUT2D eigenvalue weighted by atomic mass is 9.99. The van der Waals surface area contributed by atoms with Crippen LogP contribution in [0.3, 0.4) is 0 Å². The molecule has 6 heteroatoms. The fraction of sp³-hybridized carbons (Fsp3) is 0.0606. The van der Waals surface area contributed by atoms with Gasteiger partial charge in [0.1, 0.15) is 5.82 Å². The van der Waals surface area contributed by atoms with E-state index in [4.69, 9.17) is 0 Å². The first-order chi connectivity index (χ1) is 19.1. The van der Waals surface area contributed by atoms with Crippen molar-refractivity contribution in [3.05, 3.63) is 138 Å². The lowest BCUT2D eigenvalue weighted by Gasteiger charge is -2.23. The van der Waals surface area contributed by atoms with E-state index in [9.17, 15) is 9.59 Å². The molecule has 5 aromatic rings. The Bertz CT molecular complexity index is 1700. The predicted octanol–water partition coefficient (Wildman–Crippen LogP) is 7.21. The topological polar surface area (TPSA) is 74.3 Å². The molecule has 0 saturated carbocycles. The highest BCUT2D eigenvalue weighted by molar-refractivity contribution is 6.11. The van der Waals surface area contributed by atoms with E-state index >= 15 is 0 Å². The molecular weight excluding hydrogens is 484 g/mol. The normalized spacial score (nSPS) is 12.0. The number of amides is 2. The zero-order valence-corrected chi connectivity index (χ0v) is 21.4. The molecule has 0 saturated heterocycles. The zero-order chi connectivity index (χ0) is 26.8. The minimum absolute atomic E-state index is 0.128. The molecule has 1 aliphatic rings. The molecule has 0 unspecified atom stereocenters. The number of carbonyl (C=O) groups excluding carboxylic acids is 2. The number of aryl methyl sites for hydroxylation is 1. The molecular formula is C33H26N4O2. The van der Waals surface area contributed by atoms with Crippen LogP contribution in [-0.4, -0.2) is 16.8 Å². The molecule has 2 amide bonds. The van der Waals surface area contributed by atoms with E-state index in [0.29, 0.717) is 23.4 Å². The summed E-state index contributed by atoms with van der Waals surface area (Å²) in [4.78, 5) is 33.4. The van der Waals surface area contributed by atoms with Gasteiger partial charge in [-0.05, 0) is 66.1 Å². The number of nitrogens with one attached hydrogen (secondary N) is 2. The minimum atomic E-state index is -0.201. The number of benzene rings is 4. The standard InChI is InChI=1S/C33H26N4O2/c1-22-20-24(33(39)37-21-25-12-9-19-34-31(25)35-29-15-7-8-16-30(29)37)17-18-28(22)36-32(38)27-14-6-5-13-26(27)23-10-3-2-4-11-23/h2-20H,21H2,1H3,(H,34,35)(H,36,38). The minimum Gasteiger partial charge on any atom is -0.338 e. The Balaban J connectivity index is 1.28. The Hall–Kier alpha value is -5.23. The van der Waals surface area contributed by atoms with E-state index < -0.39 is 0 Å². The summed E-state index contributed by atoms with van der Waals surface area (Å²) in [5.41, 5.74) is 6.96. The van der Waals surface area contributed by atoms with E-state index in [-0.39, 0.29) is 11.8 Å². The third-order valence-corrected chi connectivity index (χ3v) is 6.89. The number of para-hydroxylation sites is 2. The van der Waals surface area contributed by atoms with Crippen LogP contribution in [0.15, 0.2) is 115 Å². The monoisotopic (exact) mass is 510 g/mol. The van der Waals surface area contributed by atoms with Gasteiger partial charge >= 0.3 is 0 Å². The van der Waals surface area contributed by atoms with Gasteiger partial charge in [0.05, 0.1) is 17.9 Å². The summed E-state index contributed by atoms with van der Waals surface area (Å²) < 4.78 is 0. The molecule has 1 aromatic heterocycles. The zero-order valence-electron chi connectivity index (χ0n) is 21.4.